The number of nitrogens with zero attached hydrogens (tertiary/aromatic N) is 3. The minimum Gasteiger partial charge on any atom is -0.344 e. The second-order valence-electron chi connectivity index (χ2n) is 5.67. The van der Waals surface area contributed by atoms with Gasteiger partial charge in [-0.25, -0.2) is 0 Å². The molecule has 1 saturated heterocycles. The molecule has 1 aliphatic heterocycles. The molecule has 1 heterocycles. The van der Waals surface area contributed by atoms with Crippen LogP contribution in [0.4, 0.5) is 0 Å². The van der Waals surface area contributed by atoms with Gasteiger partial charge in [0.05, 0.1) is 6.07 Å². The normalized spacial score (nSPS) is 18.8. The Morgan fingerprint density at radius 2 is 2.00 bits per heavy atom. The number of nitriles is 1. The van der Waals surface area contributed by atoms with Crippen molar-refractivity contribution in [3.05, 3.63) is 0 Å². The van der Waals surface area contributed by atoms with E-state index in [1.54, 1.807) is 25.8 Å². The van der Waals surface area contributed by atoms with Gasteiger partial charge in [0.15, 0.2) is 0 Å². The molecule has 0 spiro atoms. The number of carbonyl (C=O) groups is 1. The summed E-state index contributed by atoms with van der Waals surface area (Å²) in [7, 11) is 3.93. The zero-order valence-corrected chi connectivity index (χ0v) is 11.4. The van der Waals surface area contributed by atoms with E-state index in [1.165, 1.54) is 0 Å². The molecule has 1 amide bonds. The van der Waals surface area contributed by atoms with Gasteiger partial charge in [0.1, 0.15) is 5.41 Å². The Kier molecular flexibility index (Phi) is 4.53. The summed E-state index contributed by atoms with van der Waals surface area (Å²) in [6, 6.07) is 2.07. The maximum absolute atomic E-state index is 12.0. The first-order valence-corrected chi connectivity index (χ1v) is 6.22. The van der Waals surface area contributed by atoms with E-state index in [2.05, 4.69) is 18.0 Å². The van der Waals surface area contributed by atoms with Crippen LogP contribution in [0, 0.1) is 22.7 Å². The van der Waals surface area contributed by atoms with E-state index in [0.717, 1.165) is 32.5 Å². The maximum atomic E-state index is 12.0. The molecule has 0 saturated carbocycles. The molecular formula is C13H23N3O. The number of carbonyl (C=O) groups excluding carboxylic acids is 1. The monoisotopic (exact) mass is 237 g/mol. The number of likely N-dealkylation sites (tertiary alicyclic amines) is 1. The third-order valence-electron chi connectivity index (χ3n) is 3.53. The lowest BCUT2D eigenvalue weighted by Gasteiger charge is -2.33. The minimum atomic E-state index is -0.903. The molecule has 0 unspecified atom stereocenters. The van der Waals surface area contributed by atoms with Crippen LogP contribution in [0.1, 0.15) is 26.7 Å². The summed E-state index contributed by atoms with van der Waals surface area (Å²) in [5.41, 5.74) is -0.903. The number of rotatable bonds is 3. The Labute approximate surface area is 104 Å². The molecule has 17 heavy (non-hydrogen) atoms. The molecule has 4 nitrogen and oxygen atoms in total. The topological polar surface area (TPSA) is 47.3 Å². The van der Waals surface area contributed by atoms with Crippen molar-refractivity contribution in [2.75, 3.05) is 33.7 Å². The molecule has 0 aromatic carbocycles. The van der Waals surface area contributed by atoms with Crippen LogP contribution in [0.15, 0.2) is 0 Å². The largest absolute Gasteiger partial charge is 0.344 e. The summed E-state index contributed by atoms with van der Waals surface area (Å²) in [6.07, 6.45) is 2.28. The van der Waals surface area contributed by atoms with E-state index in [4.69, 9.17) is 5.26 Å². The van der Waals surface area contributed by atoms with E-state index in [1.807, 2.05) is 0 Å². The number of hydrogen-bond acceptors (Lipinski definition) is 3. The number of hydrogen-bond donors (Lipinski definition) is 0. The second kappa shape index (κ2) is 5.50. The maximum Gasteiger partial charge on any atom is 0.242 e. The molecular weight excluding hydrogens is 214 g/mol. The number of piperidine rings is 1. The van der Waals surface area contributed by atoms with Crippen molar-refractivity contribution in [1.82, 2.24) is 9.80 Å². The van der Waals surface area contributed by atoms with Crippen molar-refractivity contribution in [2.45, 2.75) is 26.7 Å². The molecule has 1 fully saturated rings. The predicted molar refractivity (Wildman–Crippen MR) is 67.3 cm³/mol. The second-order valence-corrected chi connectivity index (χ2v) is 5.67. The third-order valence-corrected chi connectivity index (χ3v) is 3.53. The van der Waals surface area contributed by atoms with Gasteiger partial charge in [0.2, 0.25) is 5.91 Å². The first-order chi connectivity index (χ1) is 7.86. The first-order valence-electron chi connectivity index (χ1n) is 6.22. The summed E-state index contributed by atoms with van der Waals surface area (Å²) in [4.78, 5) is 16.1. The lowest BCUT2D eigenvalue weighted by Crippen LogP contribution is -2.42. The van der Waals surface area contributed by atoms with Crippen LogP contribution in [0.25, 0.3) is 0 Å². The quantitative estimate of drug-likeness (QED) is 0.744. The standard InChI is InChI=1S/C13H23N3O/c1-13(2,10-14)12(17)16(4)9-11-5-7-15(3)8-6-11/h11H,5-9H2,1-4H3. The van der Waals surface area contributed by atoms with Gasteiger partial charge in [0, 0.05) is 13.6 Å². The van der Waals surface area contributed by atoms with Crippen LogP contribution < -0.4 is 0 Å². The van der Waals surface area contributed by atoms with Gasteiger partial charge in [-0.1, -0.05) is 0 Å². The fraction of sp³-hybridized carbons (Fsp3) is 0.846. The lowest BCUT2D eigenvalue weighted by atomic mass is 9.92. The Hall–Kier alpha value is -1.08. The van der Waals surface area contributed by atoms with Crippen molar-refractivity contribution in [2.24, 2.45) is 11.3 Å². The Bertz CT molecular complexity index is 311. The van der Waals surface area contributed by atoms with Crippen LogP contribution in [-0.2, 0) is 4.79 Å². The molecule has 4 heteroatoms. The first kappa shape index (κ1) is 14.0. The van der Waals surface area contributed by atoms with Crippen molar-refractivity contribution in [3.63, 3.8) is 0 Å². The highest BCUT2D eigenvalue weighted by Crippen LogP contribution is 2.21. The van der Waals surface area contributed by atoms with Crippen LogP contribution in [0.2, 0.25) is 0 Å². The Morgan fingerprint density at radius 3 is 2.47 bits per heavy atom. The van der Waals surface area contributed by atoms with Crippen molar-refractivity contribution in [1.29, 1.82) is 5.26 Å². The fourth-order valence-electron chi connectivity index (χ4n) is 2.24. The van der Waals surface area contributed by atoms with Gasteiger partial charge in [-0.15, -0.1) is 0 Å². The molecule has 0 aromatic heterocycles. The smallest absolute Gasteiger partial charge is 0.242 e. The molecule has 0 aliphatic carbocycles. The Morgan fingerprint density at radius 1 is 1.47 bits per heavy atom. The van der Waals surface area contributed by atoms with E-state index in [0.29, 0.717) is 5.92 Å². The van der Waals surface area contributed by atoms with Crippen molar-refractivity contribution < 1.29 is 4.79 Å². The number of amides is 1. The minimum absolute atomic E-state index is 0.0704. The molecule has 96 valence electrons. The van der Waals surface area contributed by atoms with E-state index in [9.17, 15) is 4.79 Å². The summed E-state index contributed by atoms with van der Waals surface area (Å²) >= 11 is 0. The highest BCUT2D eigenvalue weighted by molar-refractivity contribution is 5.84. The van der Waals surface area contributed by atoms with Gasteiger partial charge in [0.25, 0.3) is 0 Å². The predicted octanol–water partition coefficient (Wildman–Crippen LogP) is 1.34. The van der Waals surface area contributed by atoms with Crippen molar-refractivity contribution in [3.8, 4) is 6.07 Å². The van der Waals surface area contributed by atoms with Crippen LogP contribution in [0.3, 0.4) is 0 Å². The SMILES string of the molecule is CN1CCC(CN(C)C(=O)C(C)(C)C#N)CC1. The van der Waals surface area contributed by atoms with E-state index < -0.39 is 5.41 Å². The van der Waals surface area contributed by atoms with Gasteiger partial charge in [-0.05, 0) is 52.7 Å². The molecule has 0 atom stereocenters. The van der Waals surface area contributed by atoms with Crippen LogP contribution in [-0.4, -0.2) is 49.4 Å². The molecule has 0 bridgehead atoms. The average molecular weight is 237 g/mol. The van der Waals surface area contributed by atoms with Gasteiger partial charge >= 0.3 is 0 Å². The summed E-state index contributed by atoms with van der Waals surface area (Å²) in [5.74, 6) is 0.508. The van der Waals surface area contributed by atoms with Crippen LogP contribution >= 0.6 is 0 Å². The molecule has 1 aliphatic rings. The van der Waals surface area contributed by atoms with Gasteiger partial charge < -0.3 is 9.80 Å². The van der Waals surface area contributed by atoms with Crippen LogP contribution in [0.5, 0.6) is 0 Å². The highest BCUT2D eigenvalue weighted by Gasteiger charge is 2.31. The molecule has 1 rings (SSSR count). The van der Waals surface area contributed by atoms with E-state index >= 15 is 0 Å². The average Bonchev–Trinajstić information content (AvgIpc) is 2.31. The zero-order chi connectivity index (χ0) is 13.1. The zero-order valence-electron chi connectivity index (χ0n) is 11.4. The van der Waals surface area contributed by atoms with E-state index in [-0.39, 0.29) is 5.91 Å². The third kappa shape index (κ3) is 3.71. The van der Waals surface area contributed by atoms with Crippen molar-refractivity contribution >= 4 is 5.91 Å². The lowest BCUT2D eigenvalue weighted by molar-refractivity contribution is -0.137. The summed E-state index contributed by atoms with van der Waals surface area (Å²) < 4.78 is 0. The fourth-order valence-corrected chi connectivity index (χ4v) is 2.24. The molecule has 0 N–H and O–H groups in total. The van der Waals surface area contributed by atoms with Gasteiger partial charge in [-0.3, -0.25) is 4.79 Å². The Balaban J connectivity index is 2.47. The highest BCUT2D eigenvalue weighted by atomic mass is 16.2. The molecule has 0 radical (unpaired) electrons. The summed E-state index contributed by atoms with van der Waals surface area (Å²) in [6.45, 7) is 6.35. The van der Waals surface area contributed by atoms with Gasteiger partial charge in [-0.2, -0.15) is 5.26 Å². The summed E-state index contributed by atoms with van der Waals surface area (Å²) in [5, 5.41) is 8.95. The molecule has 0 aromatic rings.